The van der Waals surface area contributed by atoms with Crippen LogP contribution in [0.5, 0.6) is 5.75 Å². The number of carbonyl (C=O) groups is 1. The van der Waals surface area contributed by atoms with E-state index >= 15 is 0 Å². The predicted octanol–water partition coefficient (Wildman–Crippen LogP) is 5.57. The third-order valence-electron chi connectivity index (χ3n) is 5.18. The third-order valence-corrected chi connectivity index (χ3v) is 6.26. The summed E-state index contributed by atoms with van der Waals surface area (Å²) in [4.78, 5) is 19.5. The largest absolute Gasteiger partial charge is 0.494 e. The molecule has 1 amide bonds. The van der Waals surface area contributed by atoms with Gasteiger partial charge in [0.2, 0.25) is 5.91 Å². The summed E-state index contributed by atoms with van der Waals surface area (Å²) < 4.78 is 45.3. The average Bonchev–Trinajstić information content (AvgIpc) is 3.17. The van der Waals surface area contributed by atoms with Crippen LogP contribution in [0, 0.1) is 5.92 Å². The highest BCUT2D eigenvalue weighted by molar-refractivity contribution is 7.22. The second kappa shape index (κ2) is 8.74. The average molecular weight is 449 g/mol. The highest BCUT2D eigenvalue weighted by Gasteiger charge is 2.31. The predicted molar refractivity (Wildman–Crippen MR) is 116 cm³/mol. The molecule has 4 rings (SSSR count). The van der Waals surface area contributed by atoms with Gasteiger partial charge in [0.05, 0.1) is 28.3 Å². The molecule has 1 unspecified atom stereocenters. The molecule has 1 saturated heterocycles. The van der Waals surface area contributed by atoms with E-state index in [1.807, 2.05) is 25.1 Å². The van der Waals surface area contributed by atoms with E-state index in [-0.39, 0.29) is 17.5 Å². The van der Waals surface area contributed by atoms with Gasteiger partial charge in [-0.2, -0.15) is 13.2 Å². The molecule has 0 radical (unpaired) electrons. The fourth-order valence-electron chi connectivity index (χ4n) is 3.67. The second-order valence-corrected chi connectivity index (χ2v) is 8.42. The highest BCUT2D eigenvalue weighted by atomic mass is 32.1. The van der Waals surface area contributed by atoms with Crippen LogP contribution in [-0.2, 0) is 11.0 Å². The van der Waals surface area contributed by atoms with Crippen LogP contribution in [-0.4, -0.2) is 30.6 Å². The van der Waals surface area contributed by atoms with Crippen molar-refractivity contribution < 1.29 is 22.7 Å². The Kier molecular flexibility index (Phi) is 6.04. The van der Waals surface area contributed by atoms with Gasteiger partial charge in [-0.05, 0) is 56.2 Å². The molecule has 2 heterocycles. The SMILES string of the molecule is CCOc1ccc2nc(N3CCCC(C(=O)Nc4cccc(C(F)(F)F)c4)C3)sc2c1. The quantitative estimate of drug-likeness (QED) is 0.553. The van der Waals surface area contributed by atoms with Gasteiger partial charge in [-0.15, -0.1) is 0 Å². The van der Waals surface area contributed by atoms with Crippen LogP contribution in [0.2, 0.25) is 0 Å². The molecule has 0 spiro atoms. The maximum atomic E-state index is 12.9. The van der Waals surface area contributed by atoms with Crippen LogP contribution in [0.25, 0.3) is 10.2 Å². The minimum Gasteiger partial charge on any atom is -0.494 e. The molecule has 31 heavy (non-hydrogen) atoms. The Morgan fingerprint density at radius 3 is 2.90 bits per heavy atom. The van der Waals surface area contributed by atoms with Crippen molar-refractivity contribution >= 4 is 38.3 Å². The number of aromatic nitrogens is 1. The van der Waals surface area contributed by atoms with E-state index in [2.05, 4.69) is 15.2 Å². The van der Waals surface area contributed by atoms with E-state index < -0.39 is 11.7 Å². The van der Waals surface area contributed by atoms with E-state index in [9.17, 15) is 18.0 Å². The minimum atomic E-state index is -4.45. The Balaban J connectivity index is 1.46. The number of hydrogen-bond acceptors (Lipinski definition) is 5. The van der Waals surface area contributed by atoms with Crippen LogP contribution in [0.1, 0.15) is 25.3 Å². The molecule has 1 aromatic heterocycles. The summed E-state index contributed by atoms with van der Waals surface area (Å²) in [5.74, 6) is 0.195. The number of halogens is 3. The van der Waals surface area contributed by atoms with Gasteiger partial charge in [0.1, 0.15) is 5.75 Å². The first-order chi connectivity index (χ1) is 14.8. The molecule has 1 aliphatic rings. The van der Waals surface area contributed by atoms with E-state index in [0.717, 1.165) is 46.2 Å². The Bertz CT molecular complexity index is 1080. The number of thiazole rings is 1. The molecule has 0 saturated carbocycles. The van der Waals surface area contributed by atoms with Gasteiger partial charge in [0.25, 0.3) is 0 Å². The zero-order chi connectivity index (χ0) is 22.0. The zero-order valence-electron chi connectivity index (χ0n) is 16.9. The van der Waals surface area contributed by atoms with Crippen molar-refractivity contribution in [2.75, 3.05) is 29.9 Å². The lowest BCUT2D eigenvalue weighted by atomic mass is 9.97. The summed E-state index contributed by atoms with van der Waals surface area (Å²) in [6.07, 6.45) is -2.96. The number of nitrogens with one attached hydrogen (secondary N) is 1. The Labute approximate surface area is 181 Å². The number of carbonyl (C=O) groups excluding carboxylic acids is 1. The summed E-state index contributed by atoms with van der Waals surface area (Å²) >= 11 is 1.54. The molecule has 1 aliphatic heterocycles. The van der Waals surface area contributed by atoms with Crippen molar-refractivity contribution in [1.82, 2.24) is 4.98 Å². The Morgan fingerprint density at radius 1 is 1.29 bits per heavy atom. The number of amides is 1. The molecule has 0 aliphatic carbocycles. The molecule has 5 nitrogen and oxygen atoms in total. The van der Waals surface area contributed by atoms with E-state index in [4.69, 9.17) is 4.74 Å². The molecule has 1 N–H and O–H groups in total. The maximum absolute atomic E-state index is 12.9. The Hall–Kier alpha value is -2.81. The lowest BCUT2D eigenvalue weighted by Gasteiger charge is -2.31. The molecule has 9 heteroatoms. The molecular formula is C22H22F3N3O2S. The summed E-state index contributed by atoms with van der Waals surface area (Å²) in [5, 5.41) is 3.48. The standard InChI is InChI=1S/C22H22F3N3O2S/c1-2-30-17-8-9-18-19(12-17)31-21(27-18)28-10-4-5-14(13-28)20(29)26-16-7-3-6-15(11-16)22(23,24)25/h3,6-9,11-12,14H,2,4-5,10,13H2,1H3,(H,26,29). The topological polar surface area (TPSA) is 54.5 Å². The normalized spacial score (nSPS) is 17.0. The van der Waals surface area contributed by atoms with Crippen LogP contribution >= 0.6 is 11.3 Å². The van der Waals surface area contributed by atoms with Gasteiger partial charge in [-0.3, -0.25) is 4.79 Å². The summed E-state index contributed by atoms with van der Waals surface area (Å²) in [7, 11) is 0. The Morgan fingerprint density at radius 2 is 2.13 bits per heavy atom. The molecule has 3 aromatic rings. The number of alkyl halides is 3. The molecule has 0 bridgehead atoms. The van der Waals surface area contributed by atoms with Crippen molar-refractivity contribution in [2.24, 2.45) is 5.92 Å². The first-order valence-electron chi connectivity index (χ1n) is 10.1. The fourth-order valence-corrected chi connectivity index (χ4v) is 4.70. The van der Waals surface area contributed by atoms with Gasteiger partial charge in [0.15, 0.2) is 5.13 Å². The molecule has 2 aromatic carbocycles. The lowest BCUT2D eigenvalue weighted by molar-refractivity contribution is -0.137. The maximum Gasteiger partial charge on any atom is 0.416 e. The summed E-state index contributed by atoms with van der Waals surface area (Å²) in [6, 6.07) is 10.5. The number of anilines is 2. The second-order valence-electron chi connectivity index (χ2n) is 7.41. The van der Waals surface area contributed by atoms with Crippen LogP contribution < -0.4 is 15.0 Å². The first kappa shape index (κ1) is 21.4. The molecule has 1 atom stereocenters. The highest BCUT2D eigenvalue weighted by Crippen LogP contribution is 2.34. The molecule has 164 valence electrons. The van der Waals surface area contributed by atoms with Crippen molar-refractivity contribution in [3.05, 3.63) is 48.0 Å². The van der Waals surface area contributed by atoms with E-state index in [1.54, 1.807) is 11.3 Å². The summed E-state index contributed by atoms with van der Waals surface area (Å²) in [6.45, 7) is 3.78. The lowest BCUT2D eigenvalue weighted by Crippen LogP contribution is -2.40. The van der Waals surface area contributed by atoms with Crippen LogP contribution in [0.4, 0.5) is 24.0 Å². The monoisotopic (exact) mass is 449 g/mol. The third kappa shape index (κ3) is 4.92. The number of benzene rings is 2. The zero-order valence-corrected chi connectivity index (χ0v) is 17.7. The summed E-state index contributed by atoms with van der Waals surface area (Å²) in [5.41, 5.74) is 0.246. The number of hydrogen-bond donors (Lipinski definition) is 1. The van der Waals surface area contributed by atoms with Crippen LogP contribution in [0.15, 0.2) is 42.5 Å². The van der Waals surface area contributed by atoms with E-state index in [0.29, 0.717) is 19.6 Å². The van der Waals surface area contributed by atoms with E-state index in [1.165, 1.54) is 12.1 Å². The number of fused-ring (bicyclic) bond motifs is 1. The van der Waals surface area contributed by atoms with Crippen molar-refractivity contribution in [1.29, 1.82) is 0 Å². The number of piperidine rings is 1. The number of ether oxygens (including phenoxy) is 1. The molecular weight excluding hydrogens is 427 g/mol. The van der Waals surface area contributed by atoms with Crippen LogP contribution in [0.3, 0.4) is 0 Å². The van der Waals surface area contributed by atoms with Crippen molar-refractivity contribution in [3.8, 4) is 5.75 Å². The van der Waals surface area contributed by atoms with Gasteiger partial charge < -0.3 is 15.0 Å². The smallest absolute Gasteiger partial charge is 0.416 e. The fraction of sp³-hybridized carbons (Fsp3) is 0.364. The number of rotatable bonds is 5. The first-order valence-corrected chi connectivity index (χ1v) is 10.9. The molecule has 1 fully saturated rings. The van der Waals surface area contributed by atoms with Gasteiger partial charge in [-0.1, -0.05) is 17.4 Å². The van der Waals surface area contributed by atoms with Gasteiger partial charge >= 0.3 is 6.18 Å². The minimum absolute atomic E-state index is 0.153. The van der Waals surface area contributed by atoms with Crippen molar-refractivity contribution in [2.45, 2.75) is 25.9 Å². The van der Waals surface area contributed by atoms with Gasteiger partial charge in [-0.25, -0.2) is 4.98 Å². The van der Waals surface area contributed by atoms with Gasteiger partial charge in [0, 0.05) is 18.8 Å². The van der Waals surface area contributed by atoms with Crippen molar-refractivity contribution in [3.63, 3.8) is 0 Å². The number of nitrogens with zero attached hydrogens (tertiary/aromatic N) is 2.